The SMILES string of the molecule is CNC(=O)[C@@H](CNN(O)C(=O)CC1CCOCC1)S(=O)(=O)c1ccc(Oc2ccc(Cl)cc2)cc1. The van der Waals surface area contributed by atoms with Gasteiger partial charge in [0.2, 0.25) is 5.91 Å². The van der Waals surface area contributed by atoms with Crippen LogP contribution in [0, 0.1) is 5.92 Å². The Labute approximate surface area is 209 Å². The molecule has 3 rings (SSSR count). The van der Waals surface area contributed by atoms with E-state index in [0.29, 0.717) is 42.6 Å². The van der Waals surface area contributed by atoms with Crippen LogP contribution < -0.4 is 15.5 Å². The zero-order valence-electron chi connectivity index (χ0n) is 19.1. The van der Waals surface area contributed by atoms with E-state index < -0.39 is 33.4 Å². The largest absolute Gasteiger partial charge is 0.457 e. The van der Waals surface area contributed by atoms with Gasteiger partial charge in [0.1, 0.15) is 11.5 Å². The first-order valence-corrected chi connectivity index (χ1v) is 12.9. The molecule has 10 nitrogen and oxygen atoms in total. The maximum absolute atomic E-state index is 13.2. The van der Waals surface area contributed by atoms with E-state index in [9.17, 15) is 23.2 Å². The van der Waals surface area contributed by atoms with Gasteiger partial charge in [0, 0.05) is 38.2 Å². The predicted octanol–water partition coefficient (Wildman–Crippen LogP) is 2.56. The maximum Gasteiger partial charge on any atom is 0.261 e. The molecule has 0 saturated carbocycles. The topological polar surface area (TPSA) is 134 Å². The highest BCUT2D eigenvalue weighted by Gasteiger charge is 2.34. The fourth-order valence-corrected chi connectivity index (χ4v) is 5.21. The van der Waals surface area contributed by atoms with Crippen LogP contribution in [0.2, 0.25) is 5.02 Å². The van der Waals surface area contributed by atoms with Gasteiger partial charge >= 0.3 is 0 Å². The lowest BCUT2D eigenvalue weighted by atomic mass is 9.96. The highest BCUT2D eigenvalue weighted by atomic mass is 35.5. The van der Waals surface area contributed by atoms with E-state index in [4.69, 9.17) is 21.1 Å². The number of amides is 2. The van der Waals surface area contributed by atoms with Crippen molar-refractivity contribution < 1.29 is 32.7 Å². The van der Waals surface area contributed by atoms with Crippen molar-refractivity contribution in [2.45, 2.75) is 29.4 Å². The Morgan fingerprint density at radius 3 is 2.26 bits per heavy atom. The number of carbonyl (C=O) groups is 2. The van der Waals surface area contributed by atoms with Crippen LogP contribution in [0.1, 0.15) is 19.3 Å². The van der Waals surface area contributed by atoms with Crippen LogP contribution in [0.5, 0.6) is 11.5 Å². The van der Waals surface area contributed by atoms with Gasteiger partial charge in [-0.2, -0.15) is 5.17 Å². The van der Waals surface area contributed by atoms with Crippen LogP contribution in [-0.4, -0.2) is 62.7 Å². The third-order valence-electron chi connectivity index (χ3n) is 5.58. The fraction of sp³-hybridized carbons (Fsp3) is 0.391. The summed E-state index contributed by atoms with van der Waals surface area (Å²) in [5, 5.41) is 11.6. The minimum atomic E-state index is -4.17. The van der Waals surface area contributed by atoms with Crippen LogP contribution in [0.25, 0.3) is 0 Å². The Balaban J connectivity index is 1.66. The highest BCUT2D eigenvalue weighted by Crippen LogP contribution is 2.26. The van der Waals surface area contributed by atoms with Gasteiger partial charge in [0.25, 0.3) is 5.91 Å². The number of carbonyl (C=O) groups excluding carboxylic acids is 2. The molecular weight excluding hydrogens is 498 g/mol. The van der Waals surface area contributed by atoms with Crippen molar-refractivity contribution in [1.29, 1.82) is 0 Å². The number of hydrazine groups is 1. The van der Waals surface area contributed by atoms with Crippen LogP contribution in [0.15, 0.2) is 53.4 Å². The Hall–Kier alpha value is -2.70. The summed E-state index contributed by atoms with van der Waals surface area (Å²) in [6.07, 6.45) is 1.48. The van der Waals surface area contributed by atoms with Gasteiger partial charge in [-0.1, -0.05) is 11.6 Å². The fourth-order valence-electron chi connectivity index (χ4n) is 3.55. The standard InChI is InChI=1S/C23H28ClN3O7S/c1-25-23(29)21(15-26-27(30)22(28)14-16-10-12-33-13-11-16)35(31,32)20-8-6-19(7-9-20)34-18-4-2-17(24)3-5-18/h2-9,16,21,26,30H,10-15H2,1H3,(H,25,29)/t21-/m1/s1. The van der Waals surface area contributed by atoms with Gasteiger partial charge < -0.3 is 14.8 Å². The Kier molecular flexibility index (Phi) is 9.47. The molecule has 0 unspecified atom stereocenters. The second-order valence-corrected chi connectivity index (χ2v) is 10.6. The Morgan fingerprint density at radius 2 is 1.69 bits per heavy atom. The molecule has 12 heteroatoms. The monoisotopic (exact) mass is 525 g/mol. The number of nitrogens with one attached hydrogen (secondary N) is 2. The molecule has 0 bridgehead atoms. The van der Waals surface area contributed by atoms with E-state index in [-0.39, 0.29) is 22.4 Å². The zero-order chi connectivity index (χ0) is 25.4. The number of hydrogen-bond acceptors (Lipinski definition) is 8. The van der Waals surface area contributed by atoms with Crippen LogP contribution >= 0.6 is 11.6 Å². The van der Waals surface area contributed by atoms with E-state index in [0.717, 1.165) is 0 Å². The molecule has 1 aliphatic rings. The summed E-state index contributed by atoms with van der Waals surface area (Å²) in [5.41, 5.74) is 2.34. The number of nitrogens with zero attached hydrogens (tertiary/aromatic N) is 1. The van der Waals surface area contributed by atoms with E-state index in [2.05, 4.69) is 10.7 Å². The van der Waals surface area contributed by atoms with Gasteiger partial charge in [0.05, 0.1) is 4.90 Å². The molecule has 0 radical (unpaired) electrons. The number of hydroxylamine groups is 1. The molecule has 0 aliphatic carbocycles. The molecule has 3 N–H and O–H groups in total. The van der Waals surface area contributed by atoms with Gasteiger partial charge in [-0.15, -0.1) is 0 Å². The zero-order valence-corrected chi connectivity index (χ0v) is 20.7. The van der Waals surface area contributed by atoms with Crippen LogP contribution in [0.3, 0.4) is 0 Å². The van der Waals surface area contributed by atoms with Crippen LogP contribution in [0.4, 0.5) is 0 Å². The third kappa shape index (κ3) is 7.39. The van der Waals surface area contributed by atoms with Crippen molar-refractivity contribution in [2.24, 2.45) is 5.92 Å². The molecule has 1 atom stereocenters. The lowest BCUT2D eigenvalue weighted by molar-refractivity contribution is -0.181. The summed E-state index contributed by atoms with van der Waals surface area (Å²) in [4.78, 5) is 24.6. The summed E-state index contributed by atoms with van der Waals surface area (Å²) in [7, 11) is -2.86. The smallest absolute Gasteiger partial charge is 0.261 e. The van der Waals surface area contributed by atoms with Crippen LogP contribution in [-0.2, 0) is 24.2 Å². The van der Waals surface area contributed by atoms with Crippen molar-refractivity contribution in [3.63, 3.8) is 0 Å². The molecule has 1 aliphatic heterocycles. The molecule has 1 saturated heterocycles. The molecule has 2 aromatic rings. The van der Waals surface area contributed by atoms with Gasteiger partial charge in [-0.3, -0.25) is 14.8 Å². The normalized spacial score (nSPS) is 15.3. The number of sulfone groups is 1. The van der Waals surface area contributed by atoms with Gasteiger partial charge in [-0.25, -0.2) is 13.8 Å². The first kappa shape index (κ1) is 26.9. The Bertz CT molecular complexity index is 1100. The van der Waals surface area contributed by atoms with Gasteiger partial charge in [-0.05, 0) is 67.3 Å². The van der Waals surface area contributed by atoms with E-state index in [1.807, 2.05) is 0 Å². The minimum Gasteiger partial charge on any atom is -0.457 e. The number of rotatable bonds is 10. The maximum atomic E-state index is 13.2. The molecule has 1 fully saturated rings. The first-order valence-electron chi connectivity index (χ1n) is 11.0. The van der Waals surface area contributed by atoms with Crippen molar-refractivity contribution in [1.82, 2.24) is 15.9 Å². The molecule has 190 valence electrons. The lowest BCUT2D eigenvalue weighted by Crippen LogP contribution is -2.50. The number of hydrogen-bond donors (Lipinski definition) is 3. The summed E-state index contributed by atoms with van der Waals surface area (Å²) in [6.45, 7) is 0.593. The average molecular weight is 526 g/mol. The van der Waals surface area contributed by atoms with Crippen molar-refractivity contribution in [3.05, 3.63) is 53.6 Å². The molecule has 2 aromatic carbocycles. The number of halogens is 1. The average Bonchev–Trinajstić information content (AvgIpc) is 2.86. The molecule has 2 amide bonds. The van der Waals surface area contributed by atoms with Crippen molar-refractivity contribution in [2.75, 3.05) is 26.8 Å². The third-order valence-corrected chi connectivity index (χ3v) is 7.89. The summed E-state index contributed by atoms with van der Waals surface area (Å²) in [5.74, 6) is -0.426. The van der Waals surface area contributed by atoms with E-state index in [1.165, 1.54) is 31.3 Å². The summed E-state index contributed by atoms with van der Waals surface area (Å²) in [6, 6.07) is 12.2. The Morgan fingerprint density at radius 1 is 1.11 bits per heavy atom. The van der Waals surface area contributed by atoms with Gasteiger partial charge in [0.15, 0.2) is 15.1 Å². The number of ether oxygens (including phenoxy) is 2. The molecule has 1 heterocycles. The quantitative estimate of drug-likeness (QED) is 0.318. The second kappa shape index (κ2) is 12.3. The molecular formula is C23H28ClN3O7S. The summed E-state index contributed by atoms with van der Waals surface area (Å²) >= 11 is 5.86. The van der Waals surface area contributed by atoms with E-state index >= 15 is 0 Å². The van der Waals surface area contributed by atoms with Crippen molar-refractivity contribution in [3.8, 4) is 11.5 Å². The second-order valence-electron chi connectivity index (χ2n) is 8.00. The highest BCUT2D eigenvalue weighted by molar-refractivity contribution is 7.92. The number of benzene rings is 2. The lowest BCUT2D eigenvalue weighted by Gasteiger charge is -2.24. The molecule has 35 heavy (non-hydrogen) atoms. The van der Waals surface area contributed by atoms with Crippen molar-refractivity contribution >= 4 is 33.3 Å². The minimum absolute atomic E-state index is 0.0692. The molecule has 0 spiro atoms. The summed E-state index contributed by atoms with van der Waals surface area (Å²) < 4.78 is 37.3. The predicted molar refractivity (Wildman–Crippen MR) is 128 cm³/mol. The molecule has 0 aromatic heterocycles. The first-order chi connectivity index (χ1) is 16.7. The van der Waals surface area contributed by atoms with E-state index in [1.54, 1.807) is 24.3 Å².